The third-order valence-corrected chi connectivity index (χ3v) is 4.01. The van der Waals surface area contributed by atoms with Gasteiger partial charge in [0.15, 0.2) is 0 Å². The van der Waals surface area contributed by atoms with Crippen molar-refractivity contribution >= 4 is 17.3 Å². The van der Waals surface area contributed by atoms with E-state index in [0.717, 1.165) is 6.42 Å². The summed E-state index contributed by atoms with van der Waals surface area (Å²) in [6, 6.07) is 2.07. The summed E-state index contributed by atoms with van der Waals surface area (Å²) < 4.78 is 4.70. The first-order valence-electron chi connectivity index (χ1n) is 5.72. The van der Waals surface area contributed by atoms with Crippen molar-refractivity contribution in [2.75, 3.05) is 7.11 Å². The number of ether oxygens (including phenoxy) is 1. The van der Waals surface area contributed by atoms with Gasteiger partial charge in [0.05, 0.1) is 13.5 Å². The van der Waals surface area contributed by atoms with Gasteiger partial charge in [-0.3, -0.25) is 4.79 Å². The Morgan fingerprint density at radius 3 is 2.71 bits per heavy atom. The molecule has 0 aliphatic carbocycles. The summed E-state index contributed by atoms with van der Waals surface area (Å²) in [4.78, 5) is 12.5. The minimum Gasteiger partial charge on any atom is -0.469 e. The molecule has 0 fully saturated rings. The first kappa shape index (κ1) is 14.2. The van der Waals surface area contributed by atoms with Crippen molar-refractivity contribution in [2.45, 2.75) is 39.7 Å². The summed E-state index contributed by atoms with van der Waals surface area (Å²) in [6.07, 6.45) is 1.19. The van der Waals surface area contributed by atoms with Gasteiger partial charge in [0, 0.05) is 10.9 Å². The molecule has 96 valence electrons. The van der Waals surface area contributed by atoms with Crippen molar-refractivity contribution in [3.63, 3.8) is 0 Å². The standard InChI is InChI=1S/C13H21NO2S/c1-9-5-6-17-12(9)10(14)7-13(2,3)8-11(15)16-4/h5-6,10H,7-8,14H2,1-4H3. The van der Waals surface area contributed by atoms with Crippen LogP contribution >= 0.6 is 11.3 Å². The lowest BCUT2D eigenvalue weighted by molar-refractivity contribution is -0.143. The van der Waals surface area contributed by atoms with Crippen LogP contribution in [0.1, 0.15) is 43.2 Å². The lowest BCUT2D eigenvalue weighted by Gasteiger charge is -2.26. The molecule has 0 saturated carbocycles. The number of esters is 1. The summed E-state index contributed by atoms with van der Waals surface area (Å²) in [7, 11) is 1.42. The van der Waals surface area contributed by atoms with Gasteiger partial charge in [-0.2, -0.15) is 0 Å². The number of hydrogen-bond acceptors (Lipinski definition) is 4. The van der Waals surface area contributed by atoms with E-state index < -0.39 is 0 Å². The number of carbonyl (C=O) groups is 1. The van der Waals surface area contributed by atoms with Crippen LogP contribution in [0.15, 0.2) is 11.4 Å². The van der Waals surface area contributed by atoms with Crippen molar-refractivity contribution in [3.05, 3.63) is 21.9 Å². The molecule has 0 radical (unpaired) electrons. The van der Waals surface area contributed by atoms with Gasteiger partial charge < -0.3 is 10.5 Å². The Morgan fingerprint density at radius 2 is 2.24 bits per heavy atom. The van der Waals surface area contributed by atoms with Gasteiger partial charge in [-0.15, -0.1) is 11.3 Å². The average molecular weight is 255 g/mol. The van der Waals surface area contributed by atoms with Crippen LogP contribution in [0.3, 0.4) is 0 Å². The Kier molecular flexibility index (Phi) is 4.71. The molecule has 4 heteroatoms. The van der Waals surface area contributed by atoms with Gasteiger partial charge in [0.1, 0.15) is 0 Å². The Balaban J connectivity index is 2.64. The molecule has 0 aliphatic rings. The molecular formula is C13H21NO2S. The molecular weight excluding hydrogens is 234 g/mol. The van der Waals surface area contributed by atoms with Crippen molar-refractivity contribution in [2.24, 2.45) is 11.1 Å². The summed E-state index contributed by atoms with van der Waals surface area (Å²) in [5.41, 5.74) is 7.30. The zero-order valence-corrected chi connectivity index (χ0v) is 11.8. The molecule has 0 bridgehead atoms. The summed E-state index contributed by atoms with van der Waals surface area (Å²) in [5.74, 6) is -0.176. The van der Waals surface area contributed by atoms with Crippen LogP contribution < -0.4 is 5.73 Å². The minimum absolute atomic E-state index is 0.00495. The molecule has 1 atom stereocenters. The summed E-state index contributed by atoms with van der Waals surface area (Å²) >= 11 is 1.68. The smallest absolute Gasteiger partial charge is 0.306 e. The maximum absolute atomic E-state index is 11.3. The van der Waals surface area contributed by atoms with E-state index in [1.165, 1.54) is 17.6 Å². The second kappa shape index (κ2) is 5.65. The molecule has 3 nitrogen and oxygen atoms in total. The molecule has 17 heavy (non-hydrogen) atoms. The van der Waals surface area contributed by atoms with Crippen LogP contribution in [0, 0.1) is 12.3 Å². The van der Waals surface area contributed by atoms with E-state index in [9.17, 15) is 4.79 Å². The van der Waals surface area contributed by atoms with Crippen LogP contribution in [-0.4, -0.2) is 13.1 Å². The summed E-state index contributed by atoms with van der Waals surface area (Å²) in [6.45, 7) is 6.17. The molecule has 1 aromatic rings. The first-order valence-corrected chi connectivity index (χ1v) is 6.60. The maximum atomic E-state index is 11.3. The second-order valence-electron chi connectivity index (χ2n) is 5.20. The Morgan fingerprint density at radius 1 is 1.59 bits per heavy atom. The van der Waals surface area contributed by atoms with E-state index in [-0.39, 0.29) is 17.4 Å². The third-order valence-electron chi connectivity index (χ3n) is 2.86. The van der Waals surface area contributed by atoms with Crippen LogP contribution in [-0.2, 0) is 9.53 Å². The lowest BCUT2D eigenvalue weighted by atomic mass is 9.82. The molecule has 2 N–H and O–H groups in total. The van der Waals surface area contributed by atoms with Crippen molar-refractivity contribution in [1.82, 2.24) is 0 Å². The second-order valence-corrected chi connectivity index (χ2v) is 6.14. The van der Waals surface area contributed by atoms with E-state index in [0.29, 0.717) is 6.42 Å². The highest BCUT2D eigenvalue weighted by Crippen LogP contribution is 2.34. The molecule has 1 heterocycles. The van der Waals surface area contributed by atoms with Crippen molar-refractivity contribution in [3.8, 4) is 0 Å². The zero-order valence-electron chi connectivity index (χ0n) is 10.9. The fourth-order valence-electron chi connectivity index (χ4n) is 1.99. The topological polar surface area (TPSA) is 52.3 Å². The quantitative estimate of drug-likeness (QED) is 0.823. The van der Waals surface area contributed by atoms with Crippen LogP contribution in [0.2, 0.25) is 0 Å². The SMILES string of the molecule is COC(=O)CC(C)(C)CC(N)c1sccc1C. The lowest BCUT2D eigenvalue weighted by Crippen LogP contribution is -2.24. The molecule has 1 unspecified atom stereocenters. The normalized spacial score (nSPS) is 13.5. The van der Waals surface area contributed by atoms with Gasteiger partial charge in [-0.25, -0.2) is 0 Å². The largest absolute Gasteiger partial charge is 0.469 e. The van der Waals surface area contributed by atoms with Gasteiger partial charge in [0.2, 0.25) is 0 Å². The van der Waals surface area contributed by atoms with Crippen LogP contribution in [0.4, 0.5) is 0 Å². The van der Waals surface area contributed by atoms with E-state index >= 15 is 0 Å². The van der Waals surface area contributed by atoms with Crippen molar-refractivity contribution in [1.29, 1.82) is 0 Å². The highest BCUT2D eigenvalue weighted by molar-refractivity contribution is 7.10. The highest BCUT2D eigenvalue weighted by Gasteiger charge is 2.26. The van der Waals surface area contributed by atoms with Gasteiger partial charge in [0.25, 0.3) is 0 Å². The number of carbonyl (C=O) groups excluding carboxylic acids is 1. The van der Waals surface area contributed by atoms with E-state index in [1.807, 2.05) is 13.8 Å². The number of aryl methyl sites for hydroxylation is 1. The Labute approximate surface area is 107 Å². The summed E-state index contributed by atoms with van der Waals surface area (Å²) in [5, 5.41) is 2.05. The van der Waals surface area contributed by atoms with Gasteiger partial charge in [-0.1, -0.05) is 13.8 Å². The fraction of sp³-hybridized carbons (Fsp3) is 0.615. The molecule has 0 aliphatic heterocycles. The predicted octanol–water partition coefficient (Wildman–Crippen LogP) is 3.04. The number of hydrogen-bond donors (Lipinski definition) is 1. The molecule has 0 saturated heterocycles. The molecule has 1 rings (SSSR count). The van der Waals surface area contributed by atoms with Gasteiger partial charge in [-0.05, 0) is 35.8 Å². The number of thiophene rings is 1. The highest BCUT2D eigenvalue weighted by atomic mass is 32.1. The minimum atomic E-state index is -0.176. The average Bonchev–Trinajstić information content (AvgIpc) is 2.62. The maximum Gasteiger partial charge on any atom is 0.306 e. The monoisotopic (exact) mass is 255 g/mol. The predicted molar refractivity (Wildman–Crippen MR) is 71.0 cm³/mol. The van der Waals surface area contributed by atoms with Crippen LogP contribution in [0.5, 0.6) is 0 Å². The van der Waals surface area contributed by atoms with Crippen molar-refractivity contribution < 1.29 is 9.53 Å². The molecule has 0 spiro atoms. The van der Waals surface area contributed by atoms with E-state index in [4.69, 9.17) is 10.5 Å². The number of methoxy groups -OCH3 is 1. The third kappa shape index (κ3) is 4.13. The number of nitrogens with two attached hydrogens (primary N) is 1. The molecule has 1 aromatic heterocycles. The fourth-order valence-corrected chi connectivity index (χ4v) is 2.92. The Hall–Kier alpha value is -0.870. The van der Waals surface area contributed by atoms with E-state index in [2.05, 4.69) is 18.4 Å². The zero-order chi connectivity index (χ0) is 13.1. The molecule has 0 amide bonds. The Bertz CT molecular complexity index is 385. The molecule has 0 aromatic carbocycles. The van der Waals surface area contributed by atoms with E-state index in [1.54, 1.807) is 11.3 Å². The van der Waals surface area contributed by atoms with Gasteiger partial charge >= 0.3 is 5.97 Å². The first-order chi connectivity index (χ1) is 7.85. The number of rotatable bonds is 5. The van der Waals surface area contributed by atoms with Crippen LogP contribution in [0.25, 0.3) is 0 Å².